The molecule has 3 heterocycles. The number of carbonyl (C=O) groups excluding carboxylic acids is 1. The Hall–Kier alpha value is -1.42. The average Bonchev–Trinajstić information content (AvgIpc) is 3.08. The molecule has 0 radical (unpaired) electrons. The molecule has 0 N–H and O–H groups in total. The maximum Gasteiger partial charge on any atom is 0.230 e. The van der Waals surface area contributed by atoms with E-state index in [-0.39, 0.29) is 5.41 Å². The predicted molar refractivity (Wildman–Crippen MR) is 82.6 cm³/mol. The van der Waals surface area contributed by atoms with Crippen LogP contribution in [-0.4, -0.2) is 46.4 Å². The molecule has 2 aliphatic heterocycles. The van der Waals surface area contributed by atoms with Gasteiger partial charge in [0.2, 0.25) is 5.91 Å². The molecular formula is C17H25N3O. The van der Waals surface area contributed by atoms with Crippen LogP contribution < -0.4 is 0 Å². The second-order valence-corrected chi connectivity index (χ2v) is 6.56. The van der Waals surface area contributed by atoms with E-state index in [1.807, 2.05) is 23.1 Å². The van der Waals surface area contributed by atoms with Gasteiger partial charge in [0.15, 0.2) is 0 Å². The average molecular weight is 287 g/mol. The van der Waals surface area contributed by atoms with Crippen LogP contribution in [-0.2, 0) is 11.3 Å². The molecule has 21 heavy (non-hydrogen) atoms. The van der Waals surface area contributed by atoms with E-state index in [9.17, 15) is 4.79 Å². The minimum absolute atomic E-state index is 0.113. The molecule has 2 aliphatic rings. The summed E-state index contributed by atoms with van der Waals surface area (Å²) < 4.78 is 0. The van der Waals surface area contributed by atoms with Gasteiger partial charge in [0.05, 0.1) is 17.7 Å². The van der Waals surface area contributed by atoms with Crippen molar-refractivity contribution in [2.75, 3.05) is 19.6 Å². The summed E-state index contributed by atoms with van der Waals surface area (Å²) in [6.45, 7) is 8.04. The first-order valence-corrected chi connectivity index (χ1v) is 8.08. The Labute approximate surface area is 127 Å². The van der Waals surface area contributed by atoms with Crippen LogP contribution in [0.4, 0.5) is 0 Å². The molecule has 0 bridgehead atoms. The minimum atomic E-state index is -0.113. The van der Waals surface area contributed by atoms with Gasteiger partial charge < -0.3 is 4.90 Å². The van der Waals surface area contributed by atoms with Crippen molar-refractivity contribution >= 4 is 5.91 Å². The maximum absolute atomic E-state index is 12.9. The van der Waals surface area contributed by atoms with Crippen LogP contribution in [0.5, 0.6) is 0 Å². The van der Waals surface area contributed by atoms with E-state index in [2.05, 4.69) is 23.7 Å². The van der Waals surface area contributed by atoms with Crippen LogP contribution in [0, 0.1) is 5.41 Å². The van der Waals surface area contributed by atoms with E-state index >= 15 is 0 Å². The molecule has 4 heteroatoms. The number of aromatic nitrogens is 1. The van der Waals surface area contributed by atoms with Crippen molar-refractivity contribution in [2.45, 2.75) is 45.7 Å². The molecule has 1 aromatic heterocycles. The van der Waals surface area contributed by atoms with Crippen molar-refractivity contribution in [3.05, 3.63) is 30.1 Å². The van der Waals surface area contributed by atoms with E-state index in [0.29, 0.717) is 18.5 Å². The highest BCUT2D eigenvalue weighted by Crippen LogP contribution is 2.41. The lowest BCUT2D eigenvalue weighted by Crippen LogP contribution is -2.38. The maximum atomic E-state index is 12.9. The molecule has 2 saturated heterocycles. The molecule has 0 unspecified atom stereocenters. The van der Waals surface area contributed by atoms with Crippen LogP contribution in [0.3, 0.4) is 0 Å². The van der Waals surface area contributed by atoms with Crippen LogP contribution in [0.2, 0.25) is 0 Å². The zero-order chi connectivity index (χ0) is 14.9. The fraction of sp³-hybridized carbons (Fsp3) is 0.647. The van der Waals surface area contributed by atoms with E-state index in [1.165, 1.54) is 0 Å². The highest BCUT2D eigenvalue weighted by atomic mass is 16.2. The SMILES string of the molecule is CC[C@H](C)N1CC[C@@]2(CCN(Cc3ccccn3)C2=O)C1. The molecule has 2 atom stereocenters. The van der Waals surface area contributed by atoms with Gasteiger partial charge in [0, 0.05) is 25.3 Å². The summed E-state index contributed by atoms with van der Waals surface area (Å²) in [5.74, 6) is 0.346. The van der Waals surface area contributed by atoms with Crippen molar-refractivity contribution in [1.29, 1.82) is 0 Å². The number of likely N-dealkylation sites (tertiary alicyclic amines) is 2. The van der Waals surface area contributed by atoms with Gasteiger partial charge in [-0.2, -0.15) is 0 Å². The molecule has 0 aromatic carbocycles. The van der Waals surface area contributed by atoms with Crippen LogP contribution in [0.25, 0.3) is 0 Å². The molecule has 1 aromatic rings. The molecule has 1 amide bonds. The van der Waals surface area contributed by atoms with Gasteiger partial charge in [0.25, 0.3) is 0 Å². The van der Waals surface area contributed by atoms with Gasteiger partial charge in [-0.05, 0) is 44.9 Å². The summed E-state index contributed by atoms with van der Waals surface area (Å²) in [5, 5.41) is 0. The van der Waals surface area contributed by atoms with Gasteiger partial charge in [0.1, 0.15) is 0 Å². The van der Waals surface area contributed by atoms with E-state index in [0.717, 1.165) is 44.6 Å². The lowest BCUT2D eigenvalue weighted by molar-refractivity contribution is -0.136. The van der Waals surface area contributed by atoms with Crippen LogP contribution in [0.15, 0.2) is 24.4 Å². The molecular weight excluding hydrogens is 262 g/mol. The predicted octanol–water partition coefficient (Wildman–Crippen LogP) is 2.30. The van der Waals surface area contributed by atoms with Gasteiger partial charge in [-0.3, -0.25) is 14.7 Å². The first-order valence-electron chi connectivity index (χ1n) is 8.08. The third-order valence-electron chi connectivity index (χ3n) is 5.28. The van der Waals surface area contributed by atoms with Gasteiger partial charge >= 0.3 is 0 Å². The van der Waals surface area contributed by atoms with Crippen molar-refractivity contribution < 1.29 is 4.79 Å². The number of pyridine rings is 1. The molecule has 0 saturated carbocycles. The Morgan fingerprint density at radius 1 is 1.33 bits per heavy atom. The second kappa shape index (κ2) is 5.76. The Morgan fingerprint density at radius 3 is 2.86 bits per heavy atom. The molecule has 3 rings (SSSR count). The van der Waals surface area contributed by atoms with Gasteiger partial charge in [-0.15, -0.1) is 0 Å². The Bertz CT molecular complexity index is 504. The lowest BCUT2D eigenvalue weighted by Gasteiger charge is -2.26. The zero-order valence-electron chi connectivity index (χ0n) is 13.1. The number of hydrogen-bond acceptors (Lipinski definition) is 3. The van der Waals surface area contributed by atoms with Gasteiger partial charge in [-0.1, -0.05) is 13.0 Å². The van der Waals surface area contributed by atoms with Crippen molar-refractivity contribution in [3.63, 3.8) is 0 Å². The highest BCUT2D eigenvalue weighted by molar-refractivity contribution is 5.85. The highest BCUT2D eigenvalue weighted by Gasteiger charge is 2.50. The number of carbonyl (C=O) groups is 1. The standard InChI is InChI=1S/C17H25N3O/c1-3-14(2)20-11-8-17(13-20)7-10-19(16(17)21)12-15-6-4-5-9-18-15/h4-6,9,14H,3,7-8,10-13H2,1-2H3/t14-,17-/m0/s1. The van der Waals surface area contributed by atoms with Crippen molar-refractivity contribution in [1.82, 2.24) is 14.8 Å². The smallest absolute Gasteiger partial charge is 0.230 e. The van der Waals surface area contributed by atoms with Crippen LogP contribution >= 0.6 is 0 Å². The summed E-state index contributed by atoms with van der Waals surface area (Å²) >= 11 is 0. The normalized spacial score (nSPS) is 27.7. The molecule has 0 aliphatic carbocycles. The molecule has 1 spiro atoms. The van der Waals surface area contributed by atoms with Gasteiger partial charge in [-0.25, -0.2) is 0 Å². The quantitative estimate of drug-likeness (QED) is 0.852. The third-order valence-corrected chi connectivity index (χ3v) is 5.28. The Balaban J connectivity index is 1.67. The Kier molecular flexibility index (Phi) is 3.98. The molecule has 2 fully saturated rings. The first-order chi connectivity index (χ1) is 10.1. The summed E-state index contributed by atoms with van der Waals surface area (Å²) in [6, 6.07) is 6.48. The number of rotatable bonds is 4. The fourth-order valence-corrected chi connectivity index (χ4v) is 3.65. The topological polar surface area (TPSA) is 36.4 Å². The largest absolute Gasteiger partial charge is 0.336 e. The number of amides is 1. The molecule has 4 nitrogen and oxygen atoms in total. The van der Waals surface area contributed by atoms with E-state index < -0.39 is 0 Å². The first kappa shape index (κ1) is 14.5. The summed E-state index contributed by atoms with van der Waals surface area (Å²) in [6.07, 6.45) is 4.98. The third kappa shape index (κ3) is 2.69. The lowest BCUT2D eigenvalue weighted by atomic mass is 9.85. The summed E-state index contributed by atoms with van der Waals surface area (Å²) in [7, 11) is 0. The fourth-order valence-electron chi connectivity index (χ4n) is 3.65. The van der Waals surface area contributed by atoms with Crippen molar-refractivity contribution in [3.8, 4) is 0 Å². The monoisotopic (exact) mass is 287 g/mol. The zero-order valence-corrected chi connectivity index (χ0v) is 13.1. The molecule has 114 valence electrons. The second-order valence-electron chi connectivity index (χ2n) is 6.56. The van der Waals surface area contributed by atoms with E-state index in [4.69, 9.17) is 0 Å². The van der Waals surface area contributed by atoms with Crippen molar-refractivity contribution in [2.24, 2.45) is 5.41 Å². The Morgan fingerprint density at radius 2 is 2.14 bits per heavy atom. The summed E-state index contributed by atoms with van der Waals surface area (Å²) in [5.41, 5.74) is 0.873. The number of nitrogens with zero attached hydrogens (tertiary/aromatic N) is 3. The van der Waals surface area contributed by atoms with E-state index in [1.54, 1.807) is 6.20 Å². The van der Waals surface area contributed by atoms with Crippen LogP contribution in [0.1, 0.15) is 38.8 Å². The summed E-state index contributed by atoms with van der Waals surface area (Å²) in [4.78, 5) is 21.7. The minimum Gasteiger partial charge on any atom is -0.336 e. The number of hydrogen-bond donors (Lipinski definition) is 0.